The Morgan fingerprint density at radius 2 is 1.90 bits per heavy atom. The highest BCUT2D eigenvalue weighted by molar-refractivity contribution is 4.91. The molecule has 1 saturated heterocycles. The monoisotopic (exact) mass is 282 g/mol. The van der Waals surface area contributed by atoms with Crippen LogP contribution in [0.5, 0.6) is 0 Å². The molecule has 4 atom stereocenters. The van der Waals surface area contributed by atoms with Gasteiger partial charge in [-0.3, -0.25) is 4.90 Å². The van der Waals surface area contributed by atoms with Crippen molar-refractivity contribution in [2.24, 2.45) is 11.3 Å². The molecule has 3 heteroatoms. The topological polar surface area (TPSA) is 26.7 Å². The predicted molar refractivity (Wildman–Crippen MR) is 84.9 cm³/mol. The molecule has 1 heterocycles. The van der Waals surface area contributed by atoms with Crippen LogP contribution in [0.4, 0.5) is 0 Å². The van der Waals surface area contributed by atoms with Crippen molar-refractivity contribution in [1.82, 2.24) is 9.80 Å². The number of hydrogen-bond acceptors (Lipinski definition) is 3. The zero-order chi connectivity index (χ0) is 14.9. The average molecular weight is 282 g/mol. The summed E-state index contributed by atoms with van der Waals surface area (Å²) in [4.78, 5) is 4.92. The van der Waals surface area contributed by atoms with Crippen molar-refractivity contribution >= 4 is 0 Å². The molecule has 1 aliphatic heterocycles. The lowest BCUT2D eigenvalue weighted by Crippen LogP contribution is -2.50. The van der Waals surface area contributed by atoms with E-state index < -0.39 is 0 Å². The first-order valence-corrected chi connectivity index (χ1v) is 8.37. The summed E-state index contributed by atoms with van der Waals surface area (Å²) in [6, 6.07) is 1.03. The van der Waals surface area contributed by atoms with E-state index in [0.29, 0.717) is 17.5 Å². The zero-order valence-electron chi connectivity index (χ0n) is 14.1. The minimum atomic E-state index is -0.134. The maximum atomic E-state index is 10.4. The molecule has 2 fully saturated rings. The van der Waals surface area contributed by atoms with E-state index in [1.54, 1.807) is 0 Å². The van der Waals surface area contributed by atoms with Crippen LogP contribution in [0.15, 0.2) is 0 Å². The van der Waals surface area contributed by atoms with E-state index in [1.165, 1.54) is 25.8 Å². The van der Waals surface area contributed by atoms with E-state index >= 15 is 0 Å². The van der Waals surface area contributed by atoms with Gasteiger partial charge in [0.25, 0.3) is 0 Å². The number of likely N-dealkylation sites (tertiary alicyclic amines) is 1. The van der Waals surface area contributed by atoms with Crippen LogP contribution in [0.1, 0.15) is 52.9 Å². The Balaban J connectivity index is 1.94. The Bertz CT molecular complexity index is 313. The number of rotatable bonds is 3. The van der Waals surface area contributed by atoms with Gasteiger partial charge in [-0.15, -0.1) is 0 Å². The van der Waals surface area contributed by atoms with Crippen LogP contribution in [0, 0.1) is 11.3 Å². The molecule has 4 unspecified atom stereocenters. The maximum Gasteiger partial charge on any atom is 0.0695 e. The van der Waals surface area contributed by atoms with Crippen LogP contribution in [0.2, 0.25) is 0 Å². The lowest BCUT2D eigenvalue weighted by Gasteiger charge is -2.44. The summed E-state index contributed by atoms with van der Waals surface area (Å²) in [7, 11) is 4.45. The van der Waals surface area contributed by atoms with Crippen LogP contribution in [0.25, 0.3) is 0 Å². The molecule has 0 radical (unpaired) electrons. The summed E-state index contributed by atoms with van der Waals surface area (Å²) < 4.78 is 0. The van der Waals surface area contributed by atoms with Crippen LogP contribution < -0.4 is 0 Å². The maximum absolute atomic E-state index is 10.4. The molecule has 1 saturated carbocycles. The van der Waals surface area contributed by atoms with Gasteiger partial charge >= 0.3 is 0 Å². The molecule has 2 rings (SSSR count). The van der Waals surface area contributed by atoms with Gasteiger partial charge < -0.3 is 10.0 Å². The van der Waals surface area contributed by atoms with Gasteiger partial charge in [0.05, 0.1) is 6.10 Å². The van der Waals surface area contributed by atoms with Crippen molar-refractivity contribution in [3.63, 3.8) is 0 Å². The number of aliphatic hydroxyl groups excluding tert-OH is 1. The van der Waals surface area contributed by atoms with Gasteiger partial charge in [0.1, 0.15) is 0 Å². The third-order valence-electron chi connectivity index (χ3n) is 5.74. The fraction of sp³-hybridized carbons (Fsp3) is 1.00. The van der Waals surface area contributed by atoms with Crippen molar-refractivity contribution in [3.05, 3.63) is 0 Å². The van der Waals surface area contributed by atoms with Crippen LogP contribution in [-0.4, -0.2) is 60.3 Å². The van der Waals surface area contributed by atoms with Crippen LogP contribution in [-0.2, 0) is 0 Å². The number of nitrogens with zero attached hydrogens (tertiary/aromatic N) is 2. The highest BCUT2D eigenvalue weighted by Crippen LogP contribution is 2.39. The van der Waals surface area contributed by atoms with Gasteiger partial charge in [-0.1, -0.05) is 20.8 Å². The molecular weight excluding hydrogens is 248 g/mol. The largest absolute Gasteiger partial charge is 0.391 e. The standard InChI is InChI=1S/C17H34N2O/c1-17(2,3)13-8-9-16(20)15(11-13)19(5)12-14-7-6-10-18(14)4/h13-16,20H,6-12H2,1-5H3. The summed E-state index contributed by atoms with van der Waals surface area (Å²) in [5.74, 6) is 0.736. The second-order valence-electron chi connectivity index (χ2n) is 8.23. The second kappa shape index (κ2) is 6.33. The van der Waals surface area contributed by atoms with E-state index in [0.717, 1.165) is 25.3 Å². The third-order valence-corrected chi connectivity index (χ3v) is 5.74. The van der Waals surface area contributed by atoms with Crippen molar-refractivity contribution in [2.45, 2.75) is 71.1 Å². The summed E-state index contributed by atoms with van der Waals surface area (Å²) in [6.45, 7) is 9.37. The molecule has 1 N–H and O–H groups in total. The van der Waals surface area contributed by atoms with Crippen molar-refractivity contribution in [1.29, 1.82) is 0 Å². The van der Waals surface area contributed by atoms with E-state index in [2.05, 4.69) is 44.7 Å². The van der Waals surface area contributed by atoms with Gasteiger partial charge in [0.15, 0.2) is 0 Å². The van der Waals surface area contributed by atoms with Crippen molar-refractivity contribution < 1.29 is 5.11 Å². The van der Waals surface area contributed by atoms with Crippen LogP contribution >= 0.6 is 0 Å². The Kier molecular flexibility index (Phi) is 5.14. The minimum absolute atomic E-state index is 0.134. The first-order valence-electron chi connectivity index (χ1n) is 8.37. The lowest BCUT2D eigenvalue weighted by atomic mass is 9.70. The van der Waals surface area contributed by atoms with E-state index in [4.69, 9.17) is 0 Å². The molecule has 0 spiro atoms. The van der Waals surface area contributed by atoms with Crippen LogP contribution in [0.3, 0.4) is 0 Å². The number of hydrogen-bond donors (Lipinski definition) is 1. The first-order chi connectivity index (χ1) is 9.29. The lowest BCUT2D eigenvalue weighted by molar-refractivity contribution is -0.0130. The van der Waals surface area contributed by atoms with Gasteiger partial charge in [-0.05, 0) is 64.1 Å². The SMILES string of the molecule is CN1CCCC1CN(C)C1CC(C(C)(C)C)CCC1O. The smallest absolute Gasteiger partial charge is 0.0695 e. The van der Waals surface area contributed by atoms with Crippen molar-refractivity contribution in [3.8, 4) is 0 Å². The van der Waals surface area contributed by atoms with Gasteiger partial charge in [-0.2, -0.15) is 0 Å². The number of likely N-dealkylation sites (N-methyl/N-ethyl adjacent to an activating group) is 2. The van der Waals surface area contributed by atoms with E-state index in [9.17, 15) is 5.11 Å². The molecule has 0 aromatic rings. The fourth-order valence-electron chi connectivity index (χ4n) is 4.07. The molecular formula is C17H34N2O. The van der Waals surface area contributed by atoms with E-state index in [1.807, 2.05) is 0 Å². The van der Waals surface area contributed by atoms with E-state index in [-0.39, 0.29) is 6.10 Å². The molecule has 1 aliphatic carbocycles. The molecule has 3 nitrogen and oxygen atoms in total. The molecule has 0 bridgehead atoms. The summed E-state index contributed by atoms with van der Waals surface area (Å²) in [6.07, 6.45) is 5.80. The average Bonchev–Trinajstić information content (AvgIpc) is 2.74. The molecule has 2 aliphatic rings. The zero-order valence-corrected chi connectivity index (χ0v) is 14.1. The Hall–Kier alpha value is -0.120. The Morgan fingerprint density at radius 3 is 2.45 bits per heavy atom. The summed E-state index contributed by atoms with van der Waals surface area (Å²) in [5.41, 5.74) is 0.364. The van der Waals surface area contributed by atoms with Gasteiger partial charge in [-0.25, -0.2) is 0 Å². The molecule has 0 amide bonds. The predicted octanol–water partition coefficient (Wildman–Crippen LogP) is 2.59. The summed E-state index contributed by atoms with van der Waals surface area (Å²) in [5, 5.41) is 10.4. The van der Waals surface area contributed by atoms with Gasteiger partial charge in [0, 0.05) is 18.6 Å². The molecule has 0 aromatic heterocycles. The minimum Gasteiger partial charge on any atom is -0.391 e. The Labute approximate surface area is 125 Å². The quantitative estimate of drug-likeness (QED) is 0.862. The molecule has 20 heavy (non-hydrogen) atoms. The highest BCUT2D eigenvalue weighted by Gasteiger charge is 2.37. The Morgan fingerprint density at radius 1 is 1.20 bits per heavy atom. The normalized spacial score (nSPS) is 36.8. The third kappa shape index (κ3) is 3.75. The molecule has 118 valence electrons. The highest BCUT2D eigenvalue weighted by atomic mass is 16.3. The van der Waals surface area contributed by atoms with Gasteiger partial charge in [0.2, 0.25) is 0 Å². The fourth-order valence-corrected chi connectivity index (χ4v) is 4.07. The molecule has 0 aromatic carbocycles. The summed E-state index contributed by atoms with van der Waals surface area (Å²) >= 11 is 0. The number of aliphatic hydroxyl groups is 1. The second-order valence-corrected chi connectivity index (χ2v) is 8.23. The van der Waals surface area contributed by atoms with Crippen molar-refractivity contribution in [2.75, 3.05) is 27.2 Å². The first kappa shape index (κ1) is 16.3.